The monoisotopic (exact) mass is 505 g/mol. The average molecular weight is 506 g/mol. The summed E-state index contributed by atoms with van der Waals surface area (Å²) in [5, 5.41) is 3.08. The number of amides is 1. The first-order valence-corrected chi connectivity index (χ1v) is 12.0. The first-order chi connectivity index (χ1) is 15.9. The molecule has 1 heterocycles. The first kappa shape index (κ1) is 23.1. The molecule has 5 nitrogen and oxygen atoms in total. The van der Waals surface area contributed by atoms with Gasteiger partial charge in [-0.05, 0) is 60.9 Å². The maximum atomic E-state index is 12.8. The fraction of sp³-hybridized carbons (Fsp3) is 0.259. The van der Waals surface area contributed by atoms with Gasteiger partial charge in [0.2, 0.25) is 0 Å². The van der Waals surface area contributed by atoms with E-state index in [1.165, 1.54) is 5.56 Å². The molecular formula is C27H28BrN3O2. The summed E-state index contributed by atoms with van der Waals surface area (Å²) >= 11 is 3.42. The number of halogens is 1. The molecule has 0 bridgehead atoms. The van der Waals surface area contributed by atoms with Gasteiger partial charge < -0.3 is 14.6 Å². The quantitative estimate of drug-likeness (QED) is 0.297. The molecule has 1 aromatic heterocycles. The zero-order chi connectivity index (χ0) is 23.4. The van der Waals surface area contributed by atoms with E-state index in [0.717, 1.165) is 27.1 Å². The number of ether oxygens (including phenoxy) is 1. The molecule has 1 atom stereocenters. The maximum absolute atomic E-state index is 12.8. The molecule has 1 amide bonds. The van der Waals surface area contributed by atoms with Crippen molar-refractivity contribution in [2.75, 3.05) is 6.61 Å². The van der Waals surface area contributed by atoms with Crippen LogP contribution in [0.25, 0.3) is 11.0 Å². The number of imidazole rings is 1. The van der Waals surface area contributed by atoms with Crippen LogP contribution in [0.2, 0.25) is 0 Å². The number of para-hydroxylation sites is 2. The molecule has 0 fully saturated rings. The summed E-state index contributed by atoms with van der Waals surface area (Å²) in [7, 11) is 0. The molecule has 0 aliphatic carbocycles. The molecule has 1 N–H and O–H groups in total. The third kappa shape index (κ3) is 5.45. The van der Waals surface area contributed by atoms with Crippen molar-refractivity contribution in [1.82, 2.24) is 14.9 Å². The molecule has 0 aliphatic heterocycles. The summed E-state index contributed by atoms with van der Waals surface area (Å²) in [4.78, 5) is 17.6. The second kappa shape index (κ2) is 10.2. The van der Waals surface area contributed by atoms with E-state index < -0.39 is 0 Å². The molecule has 4 rings (SSSR count). The molecular weight excluding hydrogens is 478 g/mol. The van der Waals surface area contributed by atoms with Gasteiger partial charge in [0.25, 0.3) is 5.91 Å². The van der Waals surface area contributed by atoms with Crippen LogP contribution >= 0.6 is 15.9 Å². The lowest BCUT2D eigenvalue weighted by Gasteiger charge is -2.17. The van der Waals surface area contributed by atoms with Crippen molar-refractivity contribution in [3.05, 3.63) is 94.2 Å². The van der Waals surface area contributed by atoms with Gasteiger partial charge >= 0.3 is 0 Å². The predicted octanol–water partition coefficient (Wildman–Crippen LogP) is 6.49. The van der Waals surface area contributed by atoms with Gasteiger partial charge in [0.05, 0.1) is 23.6 Å². The van der Waals surface area contributed by atoms with Gasteiger partial charge in [-0.25, -0.2) is 4.98 Å². The molecule has 4 aromatic rings. The highest BCUT2D eigenvalue weighted by molar-refractivity contribution is 9.10. The zero-order valence-corrected chi connectivity index (χ0v) is 20.7. The van der Waals surface area contributed by atoms with Crippen molar-refractivity contribution in [3.63, 3.8) is 0 Å². The van der Waals surface area contributed by atoms with Crippen molar-refractivity contribution in [2.24, 2.45) is 0 Å². The van der Waals surface area contributed by atoms with Crippen molar-refractivity contribution in [1.29, 1.82) is 0 Å². The average Bonchev–Trinajstić information content (AvgIpc) is 3.18. The number of aromatic nitrogens is 2. The highest BCUT2D eigenvalue weighted by atomic mass is 79.9. The number of hydrogen-bond acceptors (Lipinski definition) is 3. The Morgan fingerprint density at radius 2 is 1.79 bits per heavy atom. The number of fused-ring (bicyclic) bond motifs is 1. The van der Waals surface area contributed by atoms with Crippen LogP contribution in [0.5, 0.6) is 5.75 Å². The molecule has 1 unspecified atom stereocenters. The Labute approximate surface area is 202 Å². The standard InChI is InChI=1S/C27H28BrN3O2/c1-18(2)20-11-13-23(14-12-20)33-16-15-31-25-10-5-4-9-24(25)30-26(31)19(3)29-27(32)21-7-6-8-22(28)17-21/h4-14,17-19H,15-16H2,1-3H3,(H,29,32). The Bertz CT molecular complexity index is 1250. The number of carbonyl (C=O) groups excluding carboxylic acids is 1. The van der Waals surface area contributed by atoms with Crippen molar-refractivity contribution < 1.29 is 9.53 Å². The van der Waals surface area contributed by atoms with Gasteiger partial charge in [-0.2, -0.15) is 0 Å². The lowest BCUT2D eigenvalue weighted by atomic mass is 10.0. The molecule has 6 heteroatoms. The fourth-order valence-electron chi connectivity index (χ4n) is 3.84. The lowest BCUT2D eigenvalue weighted by molar-refractivity contribution is 0.0937. The van der Waals surface area contributed by atoms with Gasteiger partial charge in [-0.15, -0.1) is 0 Å². The normalized spacial score (nSPS) is 12.2. The van der Waals surface area contributed by atoms with Gasteiger partial charge in [0.1, 0.15) is 18.2 Å². The first-order valence-electron chi connectivity index (χ1n) is 11.2. The van der Waals surface area contributed by atoms with Crippen LogP contribution in [0.4, 0.5) is 0 Å². The van der Waals surface area contributed by atoms with Crippen LogP contribution in [-0.2, 0) is 6.54 Å². The molecule has 0 saturated carbocycles. The van der Waals surface area contributed by atoms with E-state index >= 15 is 0 Å². The number of benzene rings is 3. The highest BCUT2D eigenvalue weighted by Gasteiger charge is 2.19. The summed E-state index contributed by atoms with van der Waals surface area (Å²) < 4.78 is 9.02. The van der Waals surface area contributed by atoms with Crippen molar-refractivity contribution in [3.8, 4) is 5.75 Å². The van der Waals surface area contributed by atoms with Gasteiger partial charge in [0.15, 0.2) is 0 Å². The second-order valence-electron chi connectivity index (χ2n) is 8.39. The van der Waals surface area contributed by atoms with E-state index in [-0.39, 0.29) is 11.9 Å². The van der Waals surface area contributed by atoms with E-state index in [1.807, 2.05) is 61.5 Å². The van der Waals surface area contributed by atoms with E-state index in [1.54, 1.807) is 6.07 Å². The lowest BCUT2D eigenvalue weighted by Crippen LogP contribution is -2.29. The van der Waals surface area contributed by atoms with Gasteiger partial charge in [-0.1, -0.05) is 60.1 Å². The third-order valence-corrected chi connectivity index (χ3v) is 6.13. The molecule has 0 saturated heterocycles. The van der Waals surface area contributed by atoms with Crippen LogP contribution < -0.4 is 10.1 Å². The van der Waals surface area contributed by atoms with E-state index in [0.29, 0.717) is 24.6 Å². The highest BCUT2D eigenvalue weighted by Crippen LogP contribution is 2.23. The maximum Gasteiger partial charge on any atom is 0.251 e. The Balaban J connectivity index is 1.50. The topological polar surface area (TPSA) is 56.1 Å². The minimum absolute atomic E-state index is 0.135. The van der Waals surface area contributed by atoms with Crippen LogP contribution in [0.3, 0.4) is 0 Å². The summed E-state index contributed by atoms with van der Waals surface area (Å²) in [6.45, 7) is 7.44. The molecule has 0 aliphatic rings. The molecule has 0 radical (unpaired) electrons. The van der Waals surface area contributed by atoms with Crippen molar-refractivity contribution >= 4 is 32.9 Å². The van der Waals surface area contributed by atoms with Crippen molar-refractivity contribution in [2.45, 2.75) is 39.3 Å². The number of nitrogens with zero attached hydrogens (tertiary/aromatic N) is 2. The number of rotatable bonds is 8. The molecule has 170 valence electrons. The number of hydrogen-bond donors (Lipinski definition) is 1. The molecule has 3 aromatic carbocycles. The molecule has 33 heavy (non-hydrogen) atoms. The SMILES string of the molecule is CC(C)c1ccc(OCCn2c(C(C)NC(=O)c3cccc(Br)c3)nc3ccccc32)cc1. The smallest absolute Gasteiger partial charge is 0.251 e. The van der Waals surface area contributed by atoms with Gasteiger partial charge in [-0.3, -0.25) is 4.79 Å². The molecule has 0 spiro atoms. The van der Waals surface area contributed by atoms with E-state index in [9.17, 15) is 4.79 Å². The van der Waals surface area contributed by atoms with Gasteiger partial charge in [0, 0.05) is 10.0 Å². The van der Waals surface area contributed by atoms with E-state index in [2.05, 4.69) is 51.8 Å². The predicted molar refractivity (Wildman–Crippen MR) is 136 cm³/mol. The summed E-state index contributed by atoms with van der Waals surface area (Å²) in [6.07, 6.45) is 0. The summed E-state index contributed by atoms with van der Waals surface area (Å²) in [5.41, 5.74) is 3.82. The summed E-state index contributed by atoms with van der Waals surface area (Å²) in [5.74, 6) is 2.01. The second-order valence-corrected chi connectivity index (χ2v) is 9.30. The third-order valence-electron chi connectivity index (χ3n) is 5.64. The summed E-state index contributed by atoms with van der Waals surface area (Å²) in [6, 6.07) is 23.4. The largest absolute Gasteiger partial charge is 0.492 e. The van der Waals surface area contributed by atoms with Crippen LogP contribution in [0.1, 0.15) is 54.5 Å². The zero-order valence-electron chi connectivity index (χ0n) is 19.1. The minimum atomic E-state index is -0.269. The number of nitrogens with one attached hydrogen (secondary N) is 1. The van der Waals surface area contributed by atoms with E-state index in [4.69, 9.17) is 9.72 Å². The number of carbonyl (C=O) groups is 1. The Kier molecular flexibility index (Phi) is 7.14. The minimum Gasteiger partial charge on any atom is -0.492 e. The van der Waals surface area contributed by atoms with Crippen LogP contribution in [0.15, 0.2) is 77.3 Å². The van der Waals surface area contributed by atoms with Crippen LogP contribution in [0, 0.1) is 0 Å². The fourth-order valence-corrected chi connectivity index (χ4v) is 4.24. The Morgan fingerprint density at radius 1 is 1.03 bits per heavy atom. The Morgan fingerprint density at radius 3 is 2.52 bits per heavy atom. The Hall–Kier alpha value is -3.12. The van der Waals surface area contributed by atoms with Crippen LogP contribution in [-0.4, -0.2) is 22.1 Å².